The predicted octanol–water partition coefficient (Wildman–Crippen LogP) is -1.28. The summed E-state index contributed by atoms with van der Waals surface area (Å²) >= 11 is 0. The molecule has 0 amide bonds. The van der Waals surface area contributed by atoms with Gasteiger partial charge < -0.3 is 10.2 Å². The molecule has 1 aliphatic rings. The van der Waals surface area contributed by atoms with Crippen LogP contribution in [0.2, 0.25) is 0 Å². The molecule has 1 saturated heterocycles. The number of rotatable bonds is 4. The number of hydrogen-bond donors (Lipinski definition) is 2. The van der Waals surface area contributed by atoms with Crippen LogP contribution in [0.1, 0.15) is 6.42 Å². The van der Waals surface area contributed by atoms with E-state index in [1.54, 1.807) is 0 Å². The first kappa shape index (κ1) is 13.0. The summed E-state index contributed by atoms with van der Waals surface area (Å²) in [6, 6.07) is 0. The first-order valence-corrected chi connectivity index (χ1v) is 6.76. The monoisotopic (exact) mass is 275 g/mol. The van der Waals surface area contributed by atoms with Crippen molar-refractivity contribution in [3.05, 3.63) is 12.4 Å². The van der Waals surface area contributed by atoms with Gasteiger partial charge >= 0.3 is 5.97 Å². The van der Waals surface area contributed by atoms with Crippen molar-refractivity contribution < 1.29 is 23.4 Å². The largest absolute Gasteiger partial charge is 0.480 e. The van der Waals surface area contributed by atoms with E-state index in [4.69, 9.17) is 5.11 Å². The summed E-state index contributed by atoms with van der Waals surface area (Å²) in [7, 11) is -3.69. The number of carboxylic acid groups (broad SMARTS) is 1. The van der Waals surface area contributed by atoms with Gasteiger partial charge in [-0.05, 0) is 6.42 Å². The molecule has 100 valence electrons. The highest BCUT2D eigenvalue weighted by Gasteiger charge is 2.32. The van der Waals surface area contributed by atoms with Crippen LogP contribution < -0.4 is 0 Å². The Morgan fingerprint density at radius 2 is 2.28 bits per heavy atom. The van der Waals surface area contributed by atoms with Gasteiger partial charge in [-0.3, -0.25) is 9.48 Å². The van der Waals surface area contributed by atoms with Gasteiger partial charge in [-0.1, -0.05) is 0 Å². The Kier molecular flexibility index (Phi) is 3.37. The van der Waals surface area contributed by atoms with Crippen LogP contribution in [-0.2, 0) is 21.4 Å². The standard InChI is InChI=1S/C9H13N3O5S/c13-7-1-2-12(4-7)18(16,17)8-3-10-11(5-8)6-9(14)15/h3,5,7,13H,1-2,4,6H2,(H,14,15). The van der Waals surface area contributed by atoms with E-state index in [0.29, 0.717) is 6.42 Å². The summed E-state index contributed by atoms with van der Waals surface area (Å²) < 4.78 is 26.4. The molecule has 1 unspecified atom stereocenters. The predicted molar refractivity (Wildman–Crippen MR) is 59.2 cm³/mol. The molecule has 1 aromatic rings. The summed E-state index contributed by atoms with van der Waals surface area (Å²) in [6.45, 7) is -0.0712. The molecule has 0 radical (unpaired) electrons. The SMILES string of the molecule is O=C(O)Cn1cc(S(=O)(=O)N2CCC(O)C2)cn1. The van der Waals surface area contributed by atoms with Crippen molar-refractivity contribution >= 4 is 16.0 Å². The minimum absolute atomic E-state index is 0.0575. The summed E-state index contributed by atoms with van der Waals surface area (Å²) in [6.07, 6.45) is 2.05. The quantitative estimate of drug-likeness (QED) is 0.708. The zero-order chi connectivity index (χ0) is 13.3. The zero-order valence-corrected chi connectivity index (χ0v) is 10.2. The van der Waals surface area contributed by atoms with Gasteiger partial charge in [0.1, 0.15) is 11.4 Å². The highest BCUT2D eigenvalue weighted by atomic mass is 32.2. The summed E-state index contributed by atoms with van der Waals surface area (Å²) in [5.41, 5.74) is 0. The van der Waals surface area contributed by atoms with Crippen molar-refractivity contribution in [2.45, 2.75) is 24.0 Å². The molecule has 2 N–H and O–H groups in total. The molecule has 0 bridgehead atoms. The fraction of sp³-hybridized carbons (Fsp3) is 0.556. The van der Waals surface area contributed by atoms with Crippen molar-refractivity contribution in [2.24, 2.45) is 0 Å². The minimum atomic E-state index is -3.69. The highest BCUT2D eigenvalue weighted by Crippen LogP contribution is 2.20. The van der Waals surface area contributed by atoms with Crippen molar-refractivity contribution in [1.29, 1.82) is 0 Å². The van der Waals surface area contributed by atoms with E-state index in [9.17, 15) is 18.3 Å². The first-order valence-electron chi connectivity index (χ1n) is 5.32. The van der Waals surface area contributed by atoms with Gasteiger partial charge in [0, 0.05) is 19.3 Å². The van der Waals surface area contributed by atoms with Crippen LogP contribution in [0.15, 0.2) is 17.3 Å². The Morgan fingerprint density at radius 3 is 2.83 bits per heavy atom. The summed E-state index contributed by atoms with van der Waals surface area (Å²) in [4.78, 5) is 10.4. The second-order valence-electron chi connectivity index (χ2n) is 4.07. The van der Waals surface area contributed by atoms with Crippen LogP contribution in [0.3, 0.4) is 0 Å². The molecule has 1 aliphatic heterocycles. The number of sulfonamides is 1. The number of hydrogen-bond acceptors (Lipinski definition) is 5. The second kappa shape index (κ2) is 4.67. The van der Waals surface area contributed by atoms with Gasteiger partial charge in [-0.25, -0.2) is 8.42 Å². The van der Waals surface area contributed by atoms with E-state index in [0.717, 1.165) is 10.9 Å². The van der Waals surface area contributed by atoms with Gasteiger partial charge in [0.15, 0.2) is 0 Å². The van der Waals surface area contributed by atoms with Crippen LogP contribution in [0.5, 0.6) is 0 Å². The number of aromatic nitrogens is 2. The lowest BCUT2D eigenvalue weighted by molar-refractivity contribution is -0.137. The molecular weight excluding hydrogens is 262 g/mol. The lowest BCUT2D eigenvalue weighted by Crippen LogP contribution is -2.29. The lowest BCUT2D eigenvalue weighted by Gasteiger charge is -2.13. The fourth-order valence-electron chi connectivity index (χ4n) is 1.78. The van der Waals surface area contributed by atoms with Crippen molar-refractivity contribution in [2.75, 3.05) is 13.1 Å². The molecule has 0 spiro atoms. The molecule has 0 aromatic carbocycles. The molecule has 2 rings (SSSR count). The molecule has 9 heteroatoms. The first-order chi connectivity index (χ1) is 8.39. The van der Waals surface area contributed by atoms with Crippen LogP contribution in [0, 0.1) is 0 Å². The van der Waals surface area contributed by atoms with E-state index >= 15 is 0 Å². The van der Waals surface area contributed by atoms with Gasteiger partial charge in [-0.2, -0.15) is 9.40 Å². The number of nitrogens with zero attached hydrogens (tertiary/aromatic N) is 3. The maximum atomic E-state index is 12.1. The van der Waals surface area contributed by atoms with Gasteiger partial charge in [0.05, 0.1) is 12.3 Å². The Labute approximate surface area is 103 Å². The minimum Gasteiger partial charge on any atom is -0.480 e. The maximum Gasteiger partial charge on any atom is 0.325 e. The zero-order valence-electron chi connectivity index (χ0n) is 9.43. The van der Waals surface area contributed by atoms with E-state index in [2.05, 4.69) is 5.10 Å². The van der Waals surface area contributed by atoms with Crippen LogP contribution in [0.4, 0.5) is 0 Å². The molecule has 2 heterocycles. The number of β-amino-alcohol motifs (C(OH)–C–C–N with tert-alkyl or cyclic N) is 1. The van der Waals surface area contributed by atoms with Gasteiger partial charge in [-0.15, -0.1) is 0 Å². The average molecular weight is 275 g/mol. The number of aliphatic hydroxyl groups excluding tert-OH is 1. The second-order valence-corrected chi connectivity index (χ2v) is 6.01. The van der Waals surface area contributed by atoms with Crippen LogP contribution in [0.25, 0.3) is 0 Å². The van der Waals surface area contributed by atoms with E-state index < -0.39 is 28.6 Å². The molecule has 18 heavy (non-hydrogen) atoms. The Balaban J connectivity index is 2.20. The molecule has 1 aromatic heterocycles. The average Bonchev–Trinajstić information content (AvgIpc) is 2.86. The topological polar surface area (TPSA) is 113 Å². The van der Waals surface area contributed by atoms with E-state index in [-0.39, 0.29) is 18.0 Å². The third-order valence-corrected chi connectivity index (χ3v) is 4.49. The van der Waals surface area contributed by atoms with Crippen molar-refractivity contribution in [1.82, 2.24) is 14.1 Å². The van der Waals surface area contributed by atoms with Crippen molar-refractivity contribution in [3.8, 4) is 0 Å². The molecule has 0 saturated carbocycles. The summed E-state index contributed by atoms with van der Waals surface area (Å²) in [5.74, 6) is -1.10. The smallest absolute Gasteiger partial charge is 0.325 e. The maximum absolute atomic E-state index is 12.1. The Hall–Kier alpha value is -1.45. The molecular formula is C9H13N3O5S. The Bertz CT molecular complexity index is 552. The lowest BCUT2D eigenvalue weighted by atomic mass is 10.3. The van der Waals surface area contributed by atoms with Crippen LogP contribution in [-0.4, -0.2) is 57.9 Å². The fourth-order valence-corrected chi connectivity index (χ4v) is 3.23. The molecule has 0 aliphatic carbocycles. The highest BCUT2D eigenvalue weighted by molar-refractivity contribution is 7.89. The number of aliphatic hydroxyl groups is 1. The van der Waals surface area contributed by atoms with Gasteiger partial charge in [0.25, 0.3) is 0 Å². The van der Waals surface area contributed by atoms with Gasteiger partial charge in [0.2, 0.25) is 10.0 Å². The molecule has 1 fully saturated rings. The normalized spacial score (nSPS) is 21.3. The van der Waals surface area contributed by atoms with Crippen LogP contribution >= 0.6 is 0 Å². The van der Waals surface area contributed by atoms with E-state index in [1.165, 1.54) is 10.5 Å². The number of aliphatic carboxylic acids is 1. The number of carboxylic acids is 1. The van der Waals surface area contributed by atoms with E-state index in [1.807, 2.05) is 0 Å². The number of carbonyl (C=O) groups is 1. The molecule has 1 atom stereocenters. The Morgan fingerprint density at radius 1 is 1.56 bits per heavy atom. The molecule has 8 nitrogen and oxygen atoms in total. The third-order valence-electron chi connectivity index (χ3n) is 2.67. The third kappa shape index (κ3) is 2.52. The summed E-state index contributed by atoms with van der Waals surface area (Å²) in [5, 5.41) is 21.6. The van der Waals surface area contributed by atoms with Crippen molar-refractivity contribution in [3.63, 3.8) is 0 Å².